The highest BCUT2D eigenvalue weighted by Gasteiger charge is 2.28. The van der Waals surface area contributed by atoms with E-state index in [0.29, 0.717) is 37.0 Å². The number of hydrogen-bond acceptors (Lipinski definition) is 8. The summed E-state index contributed by atoms with van der Waals surface area (Å²) in [4.78, 5) is 51.2. The van der Waals surface area contributed by atoms with Crippen molar-refractivity contribution in [2.75, 3.05) is 45.2 Å². The molecule has 10 nitrogen and oxygen atoms in total. The molecule has 11 heteroatoms. The van der Waals surface area contributed by atoms with Gasteiger partial charge in [-0.2, -0.15) is 0 Å². The van der Waals surface area contributed by atoms with Gasteiger partial charge in [-0.15, -0.1) is 11.3 Å². The topological polar surface area (TPSA) is 120 Å². The van der Waals surface area contributed by atoms with Gasteiger partial charge in [-0.05, 0) is 63.0 Å². The zero-order chi connectivity index (χ0) is 28.8. The van der Waals surface area contributed by atoms with Gasteiger partial charge in [0.2, 0.25) is 5.91 Å². The summed E-state index contributed by atoms with van der Waals surface area (Å²) in [6, 6.07) is 3.80. The van der Waals surface area contributed by atoms with Crippen molar-refractivity contribution >= 4 is 40.8 Å². The van der Waals surface area contributed by atoms with Gasteiger partial charge in [-0.1, -0.05) is 13.8 Å². The zero-order valence-corrected chi connectivity index (χ0v) is 24.4. The molecule has 3 aromatic rings. The number of aromatic nitrogens is 3. The summed E-state index contributed by atoms with van der Waals surface area (Å²) < 4.78 is 1.45. The molecule has 1 aliphatic heterocycles. The molecular weight excluding hydrogens is 528 g/mol. The predicted octanol–water partition coefficient (Wildman–Crippen LogP) is 3.05. The third-order valence-electron chi connectivity index (χ3n) is 7.04. The van der Waals surface area contributed by atoms with Crippen molar-refractivity contribution in [3.63, 3.8) is 0 Å². The molecule has 0 saturated carbocycles. The summed E-state index contributed by atoms with van der Waals surface area (Å²) in [6.45, 7) is 6.61. The third kappa shape index (κ3) is 7.33. The van der Waals surface area contributed by atoms with Crippen LogP contribution in [0.15, 0.2) is 34.6 Å². The van der Waals surface area contributed by atoms with E-state index >= 15 is 0 Å². The number of nitrogens with one attached hydrogen (secondary N) is 1. The molecule has 0 aromatic carbocycles. The summed E-state index contributed by atoms with van der Waals surface area (Å²) in [7, 11) is 3.91. The van der Waals surface area contributed by atoms with Crippen LogP contribution in [0.4, 0.5) is 5.82 Å². The molecular formula is C29H38N6O4S. The van der Waals surface area contributed by atoms with Crippen molar-refractivity contribution in [1.29, 1.82) is 0 Å². The summed E-state index contributed by atoms with van der Waals surface area (Å²) >= 11 is 1.66. The van der Waals surface area contributed by atoms with E-state index in [0.717, 1.165) is 54.6 Å². The maximum Gasteiger partial charge on any atom is 0.328 e. The van der Waals surface area contributed by atoms with Gasteiger partial charge in [-0.25, -0.2) is 14.8 Å². The lowest BCUT2D eigenvalue weighted by Gasteiger charge is -2.33. The number of aliphatic carboxylic acids is 1. The van der Waals surface area contributed by atoms with E-state index in [-0.39, 0.29) is 22.9 Å². The van der Waals surface area contributed by atoms with Crippen molar-refractivity contribution in [2.24, 2.45) is 5.92 Å². The smallest absolute Gasteiger partial charge is 0.328 e. The van der Waals surface area contributed by atoms with E-state index in [9.17, 15) is 19.5 Å². The molecule has 4 heterocycles. The average molecular weight is 567 g/mol. The highest BCUT2D eigenvalue weighted by atomic mass is 32.1. The fraction of sp³-hybridized carbons (Fsp3) is 0.483. The molecule has 0 spiro atoms. The van der Waals surface area contributed by atoms with Crippen molar-refractivity contribution in [3.05, 3.63) is 62.0 Å². The highest BCUT2D eigenvalue weighted by Crippen LogP contribution is 2.26. The third-order valence-corrected chi connectivity index (χ3v) is 7.97. The second-order valence-electron chi connectivity index (χ2n) is 10.8. The Morgan fingerprint density at radius 3 is 2.77 bits per heavy atom. The van der Waals surface area contributed by atoms with Crippen LogP contribution in [-0.4, -0.2) is 76.5 Å². The number of fused-ring (bicyclic) bond motifs is 1. The van der Waals surface area contributed by atoms with E-state index in [1.165, 1.54) is 10.5 Å². The molecule has 214 valence electrons. The van der Waals surface area contributed by atoms with Crippen LogP contribution in [0.5, 0.6) is 0 Å². The van der Waals surface area contributed by atoms with Crippen molar-refractivity contribution in [1.82, 2.24) is 24.6 Å². The standard InChI is InChI=1S/C29H38N6O4S/c1-19(2)23-18-40-25(31-23)9-7-20-11-14-35-24(16-20)32-27(22(29(35)39)8-10-26(36)37)34-13-5-6-21(17-34)28(38)30-12-15-33(3)4/h8,10-11,14,16,18-19,21H,5-7,9,12-13,15,17H2,1-4H3,(H,30,38)(H,36,37). The molecule has 4 rings (SSSR count). The molecule has 1 amide bonds. The number of likely N-dealkylation sites (N-methyl/N-ethyl adjacent to an activating group) is 1. The van der Waals surface area contributed by atoms with Crippen LogP contribution in [0.25, 0.3) is 11.7 Å². The number of rotatable bonds is 11. The quantitative estimate of drug-likeness (QED) is 0.340. The molecule has 1 fully saturated rings. The van der Waals surface area contributed by atoms with Gasteiger partial charge in [0.25, 0.3) is 5.56 Å². The van der Waals surface area contributed by atoms with Gasteiger partial charge in [0, 0.05) is 50.3 Å². The Morgan fingerprint density at radius 1 is 1.27 bits per heavy atom. The Kier molecular flexibility index (Phi) is 9.70. The first-order valence-electron chi connectivity index (χ1n) is 13.7. The molecule has 3 aromatic heterocycles. The number of carboxylic acids is 1. The van der Waals surface area contributed by atoms with E-state index < -0.39 is 5.97 Å². The number of carbonyl (C=O) groups is 2. The lowest BCUT2D eigenvalue weighted by Crippen LogP contribution is -2.45. The number of anilines is 1. The number of pyridine rings is 1. The monoisotopic (exact) mass is 566 g/mol. The summed E-state index contributed by atoms with van der Waals surface area (Å²) in [5.74, 6) is -0.606. The second kappa shape index (κ2) is 13.2. The first-order chi connectivity index (χ1) is 19.1. The summed E-state index contributed by atoms with van der Waals surface area (Å²) in [5.41, 5.74) is 2.48. The first kappa shape index (κ1) is 29.4. The van der Waals surface area contributed by atoms with Crippen LogP contribution in [0.1, 0.15) is 54.4 Å². The number of carbonyl (C=O) groups excluding carboxylic acids is 1. The van der Waals surface area contributed by atoms with Gasteiger partial charge in [0.05, 0.1) is 22.2 Å². The van der Waals surface area contributed by atoms with Gasteiger partial charge >= 0.3 is 5.97 Å². The van der Waals surface area contributed by atoms with Crippen LogP contribution in [0.2, 0.25) is 0 Å². The van der Waals surface area contributed by atoms with Crippen LogP contribution in [0, 0.1) is 5.92 Å². The molecule has 1 aliphatic rings. The lowest BCUT2D eigenvalue weighted by molar-refractivity contribution is -0.131. The number of thiazole rings is 1. The van der Waals surface area contributed by atoms with Crippen LogP contribution < -0.4 is 15.8 Å². The Hall–Kier alpha value is -3.57. The highest BCUT2D eigenvalue weighted by molar-refractivity contribution is 7.09. The van der Waals surface area contributed by atoms with Crippen LogP contribution in [-0.2, 0) is 22.4 Å². The molecule has 2 N–H and O–H groups in total. The van der Waals surface area contributed by atoms with Gasteiger partial charge in [0.15, 0.2) is 0 Å². The lowest BCUT2D eigenvalue weighted by atomic mass is 9.96. The Balaban J connectivity index is 1.62. The zero-order valence-electron chi connectivity index (χ0n) is 23.6. The Bertz CT molecular complexity index is 1440. The SMILES string of the molecule is CC(C)c1csc(CCc2ccn3c(=O)c(C=CC(=O)O)c(N4CCCC(C(=O)NCCN(C)C)C4)nc3c2)n1. The summed E-state index contributed by atoms with van der Waals surface area (Å²) in [6.07, 6.45) is 7.02. The normalized spacial score (nSPS) is 15.9. The van der Waals surface area contributed by atoms with E-state index in [1.54, 1.807) is 17.5 Å². The molecule has 1 unspecified atom stereocenters. The van der Waals surface area contributed by atoms with E-state index in [4.69, 9.17) is 9.97 Å². The fourth-order valence-corrected chi connectivity index (χ4v) is 5.73. The van der Waals surface area contributed by atoms with E-state index in [2.05, 4.69) is 24.5 Å². The molecule has 1 atom stereocenters. The van der Waals surface area contributed by atoms with Crippen LogP contribution in [0.3, 0.4) is 0 Å². The van der Waals surface area contributed by atoms with Gasteiger partial charge < -0.3 is 20.2 Å². The Morgan fingerprint density at radius 2 is 2.08 bits per heavy atom. The van der Waals surface area contributed by atoms with Crippen molar-refractivity contribution < 1.29 is 14.7 Å². The maximum absolute atomic E-state index is 13.5. The number of piperidine rings is 1. The number of carboxylic acid groups (broad SMARTS) is 1. The Labute approximate surface area is 238 Å². The fourth-order valence-electron chi connectivity index (χ4n) is 4.77. The first-order valence-corrected chi connectivity index (χ1v) is 14.6. The maximum atomic E-state index is 13.5. The average Bonchev–Trinajstić information content (AvgIpc) is 3.40. The number of amides is 1. The number of aryl methyl sites for hydroxylation is 2. The van der Waals surface area contributed by atoms with Crippen molar-refractivity contribution in [3.8, 4) is 0 Å². The minimum Gasteiger partial charge on any atom is -0.478 e. The van der Waals surface area contributed by atoms with Gasteiger partial charge in [0.1, 0.15) is 11.5 Å². The minimum absolute atomic E-state index is 0.0169. The minimum atomic E-state index is -1.15. The van der Waals surface area contributed by atoms with Gasteiger partial charge in [-0.3, -0.25) is 14.0 Å². The van der Waals surface area contributed by atoms with Crippen molar-refractivity contribution in [2.45, 2.75) is 45.4 Å². The predicted molar refractivity (Wildman–Crippen MR) is 158 cm³/mol. The molecule has 0 bridgehead atoms. The molecule has 1 saturated heterocycles. The van der Waals surface area contributed by atoms with E-state index in [1.807, 2.05) is 36.0 Å². The molecule has 0 radical (unpaired) electrons. The number of hydrogen-bond donors (Lipinski definition) is 2. The summed E-state index contributed by atoms with van der Waals surface area (Å²) in [5, 5.41) is 15.4. The van der Waals surface area contributed by atoms with Crippen LogP contribution >= 0.6 is 11.3 Å². The molecule has 40 heavy (non-hydrogen) atoms. The number of nitrogens with zero attached hydrogens (tertiary/aromatic N) is 5. The molecule has 0 aliphatic carbocycles. The largest absolute Gasteiger partial charge is 0.478 e. The second-order valence-corrected chi connectivity index (χ2v) is 11.7.